The molecule has 1 aliphatic carbocycles. The molecule has 0 unspecified atom stereocenters. The third kappa shape index (κ3) is 2.76. The summed E-state index contributed by atoms with van der Waals surface area (Å²) in [4.78, 5) is 0.381. The molecule has 3 nitrogen and oxygen atoms in total. The number of nitrogens with one attached hydrogen (secondary N) is 1. The number of rotatable bonds is 4. The molecule has 0 saturated heterocycles. The first-order valence-electron chi connectivity index (χ1n) is 5.60. The van der Waals surface area contributed by atoms with Crippen LogP contribution >= 0.6 is 0 Å². The van der Waals surface area contributed by atoms with Crippen molar-refractivity contribution in [3.05, 3.63) is 24.3 Å². The molecule has 0 aromatic heterocycles. The Kier molecular flexibility index (Phi) is 3.19. The molecule has 0 amide bonds. The van der Waals surface area contributed by atoms with Crippen LogP contribution in [0.3, 0.4) is 0 Å². The molecule has 2 rings (SSSR count). The van der Waals surface area contributed by atoms with Crippen LogP contribution in [0.15, 0.2) is 29.2 Å². The Bertz CT molecular complexity index is 464. The lowest BCUT2D eigenvalue weighted by atomic mass is 9.85. The number of benzene rings is 1. The molecule has 1 aromatic rings. The highest BCUT2D eigenvalue weighted by atomic mass is 32.2. The molecule has 1 aliphatic rings. The molecule has 16 heavy (non-hydrogen) atoms. The quantitative estimate of drug-likeness (QED) is 0.877. The van der Waals surface area contributed by atoms with Gasteiger partial charge in [0.1, 0.15) is 0 Å². The predicted molar refractivity (Wildman–Crippen MR) is 65.4 cm³/mol. The van der Waals surface area contributed by atoms with Crippen LogP contribution in [-0.4, -0.2) is 21.2 Å². The topological polar surface area (TPSA) is 46.2 Å². The normalized spacial score (nSPS) is 16.8. The van der Waals surface area contributed by atoms with E-state index in [1.165, 1.54) is 25.5 Å². The van der Waals surface area contributed by atoms with Crippen molar-refractivity contribution in [1.82, 2.24) is 0 Å². The van der Waals surface area contributed by atoms with Crippen LogP contribution in [0, 0.1) is 5.92 Å². The maximum Gasteiger partial charge on any atom is 0.175 e. The highest BCUT2D eigenvalue weighted by Gasteiger charge is 2.16. The van der Waals surface area contributed by atoms with Crippen LogP contribution in [0.4, 0.5) is 5.69 Å². The van der Waals surface area contributed by atoms with Crippen LogP contribution < -0.4 is 5.32 Å². The van der Waals surface area contributed by atoms with E-state index in [2.05, 4.69) is 5.32 Å². The molecule has 1 fully saturated rings. The lowest BCUT2D eigenvalue weighted by Gasteiger charge is -2.25. The summed E-state index contributed by atoms with van der Waals surface area (Å²) in [5.41, 5.74) is 0.898. The Labute approximate surface area is 96.8 Å². The monoisotopic (exact) mass is 239 g/mol. The Morgan fingerprint density at radius 2 is 2.12 bits per heavy atom. The van der Waals surface area contributed by atoms with E-state index < -0.39 is 9.84 Å². The van der Waals surface area contributed by atoms with Crippen molar-refractivity contribution in [1.29, 1.82) is 0 Å². The van der Waals surface area contributed by atoms with E-state index in [4.69, 9.17) is 0 Å². The van der Waals surface area contributed by atoms with Crippen molar-refractivity contribution in [2.24, 2.45) is 5.92 Å². The van der Waals surface area contributed by atoms with E-state index in [0.29, 0.717) is 4.90 Å². The number of anilines is 1. The largest absolute Gasteiger partial charge is 0.385 e. The summed E-state index contributed by atoms with van der Waals surface area (Å²) >= 11 is 0. The second kappa shape index (κ2) is 4.45. The average molecular weight is 239 g/mol. The van der Waals surface area contributed by atoms with E-state index in [0.717, 1.165) is 18.2 Å². The zero-order chi connectivity index (χ0) is 11.6. The summed E-state index contributed by atoms with van der Waals surface area (Å²) in [5, 5.41) is 3.29. The van der Waals surface area contributed by atoms with Crippen molar-refractivity contribution in [2.75, 3.05) is 18.1 Å². The molecule has 88 valence electrons. The zero-order valence-corrected chi connectivity index (χ0v) is 10.3. The fourth-order valence-corrected chi connectivity index (χ4v) is 2.46. The van der Waals surface area contributed by atoms with Crippen molar-refractivity contribution in [2.45, 2.75) is 24.2 Å². The first-order chi connectivity index (χ1) is 7.55. The fourth-order valence-electron chi connectivity index (χ4n) is 1.80. The highest BCUT2D eigenvalue weighted by molar-refractivity contribution is 7.90. The summed E-state index contributed by atoms with van der Waals surface area (Å²) < 4.78 is 22.7. The highest BCUT2D eigenvalue weighted by Crippen LogP contribution is 2.26. The first kappa shape index (κ1) is 11.5. The van der Waals surface area contributed by atoms with Gasteiger partial charge in [-0.25, -0.2) is 8.42 Å². The Morgan fingerprint density at radius 1 is 1.38 bits per heavy atom. The molecular weight excluding hydrogens is 222 g/mol. The molecule has 0 bridgehead atoms. The van der Waals surface area contributed by atoms with Crippen LogP contribution in [0.5, 0.6) is 0 Å². The summed E-state index contributed by atoms with van der Waals surface area (Å²) in [7, 11) is -3.10. The minimum Gasteiger partial charge on any atom is -0.385 e. The zero-order valence-electron chi connectivity index (χ0n) is 9.44. The van der Waals surface area contributed by atoms with Crippen LogP contribution in [0.25, 0.3) is 0 Å². The van der Waals surface area contributed by atoms with E-state index in [1.807, 2.05) is 6.07 Å². The van der Waals surface area contributed by atoms with Gasteiger partial charge in [0, 0.05) is 18.5 Å². The van der Waals surface area contributed by atoms with Crippen LogP contribution in [0.1, 0.15) is 19.3 Å². The minimum absolute atomic E-state index is 0.381. The maximum atomic E-state index is 11.4. The molecule has 0 aliphatic heterocycles. The molecule has 4 heteroatoms. The Hall–Kier alpha value is -1.03. The number of hydrogen-bond donors (Lipinski definition) is 1. The van der Waals surface area contributed by atoms with Gasteiger partial charge in [-0.3, -0.25) is 0 Å². The standard InChI is InChI=1S/C12H17NO2S/c1-16(14,15)12-7-3-6-11(8-12)13-9-10-4-2-5-10/h3,6-8,10,13H,2,4-5,9H2,1H3. The molecule has 1 N–H and O–H groups in total. The second-order valence-corrected chi connectivity index (χ2v) is 6.49. The summed E-state index contributed by atoms with van der Waals surface area (Å²) in [6.07, 6.45) is 5.14. The van der Waals surface area contributed by atoms with Gasteiger partial charge in [0.05, 0.1) is 4.90 Å². The molecule has 1 aromatic carbocycles. The molecule has 0 radical (unpaired) electrons. The van der Waals surface area contributed by atoms with Gasteiger partial charge in [0.15, 0.2) is 9.84 Å². The van der Waals surface area contributed by atoms with Crippen molar-refractivity contribution in [3.8, 4) is 0 Å². The van der Waals surface area contributed by atoms with E-state index in [1.54, 1.807) is 18.2 Å². The molecule has 0 spiro atoms. The third-order valence-corrected chi connectivity index (χ3v) is 4.19. The Balaban J connectivity index is 2.04. The van der Waals surface area contributed by atoms with Gasteiger partial charge in [0.25, 0.3) is 0 Å². The molecule has 0 atom stereocenters. The van der Waals surface area contributed by atoms with Crippen molar-refractivity contribution >= 4 is 15.5 Å². The smallest absolute Gasteiger partial charge is 0.175 e. The SMILES string of the molecule is CS(=O)(=O)c1cccc(NCC2CCC2)c1. The van der Waals surface area contributed by atoms with Gasteiger partial charge in [-0.2, -0.15) is 0 Å². The van der Waals surface area contributed by atoms with Gasteiger partial charge < -0.3 is 5.32 Å². The number of sulfone groups is 1. The number of hydrogen-bond acceptors (Lipinski definition) is 3. The molecule has 0 heterocycles. The summed E-state index contributed by atoms with van der Waals surface area (Å²) in [5.74, 6) is 0.766. The molecule has 1 saturated carbocycles. The predicted octanol–water partition coefficient (Wildman–Crippen LogP) is 2.30. The van der Waals surface area contributed by atoms with Crippen LogP contribution in [-0.2, 0) is 9.84 Å². The van der Waals surface area contributed by atoms with E-state index >= 15 is 0 Å². The minimum atomic E-state index is -3.10. The maximum absolute atomic E-state index is 11.4. The van der Waals surface area contributed by atoms with Crippen molar-refractivity contribution < 1.29 is 8.42 Å². The van der Waals surface area contributed by atoms with Gasteiger partial charge in [-0.15, -0.1) is 0 Å². The van der Waals surface area contributed by atoms with E-state index in [9.17, 15) is 8.42 Å². The van der Waals surface area contributed by atoms with Gasteiger partial charge in [-0.1, -0.05) is 12.5 Å². The first-order valence-corrected chi connectivity index (χ1v) is 7.49. The van der Waals surface area contributed by atoms with Gasteiger partial charge in [-0.05, 0) is 37.0 Å². The average Bonchev–Trinajstić information content (AvgIpc) is 2.14. The Morgan fingerprint density at radius 3 is 2.69 bits per heavy atom. The van der Waals surface area contributed by atoms with Gasteiger partial charge in [0.2, 0.25) is 0 Å². The fraction of sp³-hybridized carbons (Fsp3) is 0.500. The third-order valence-electron chi connectivity index (χ3n) is 3.08. The lowest BCUT2D eigenvalue weighted by Crippen LogP contribution is -2.20. The second-order valence-electron chi connectivity index (χ2n) is 4.48. The summed E-state index contributed by atoms with van der Waals surface area (Å²) in [6.45, 7) is 0.952. The lowest BCUT2D eigenvalue weighted by molar-refractivity contribution is 0.333. The van der Waals surface area contributed by atoms with Crippen molar-refractivity contribution in [3.63, 3.8) is 0 Å². The molecular formula is C12H17NO2S. The summed E-state index contributed by atoms with van der Waals surface area (Å²) in [6, 6.07) is 7.02. The van der Waals surface area contributed by atoms with E-state index in [-0.39, 0.29) is 0 Å². The van der Waals surface area contributed by atoms with Gasteiger partial charge >= 0.3 is 0 Å². The van der Waals surface area contributed by atoms with Crippen LogP contribution in [0.2, 0.25) is 0 Å².